The van der Waals surface area contributed by atoms with Crippen LogP contribution in [0.2, 0.25) is 0 Å². The number of benzene rings is 1. The number of carbonyl (C=O) groups is 2. The first-order valence-corrected chi connectivity index (χ1v) is 5.73. The van der Waals surface area contributed by atoms with Crippen LogP contribution in [0.15, 0.2) is 54.6 Å². The molecule has 0 aromatic heterocycles. The maximum atomic E-state index is 11.0. The molecule has 108 valence electrons. The second kappa shape index (κ2) is 9.52. The van der Waals surface area contributed by atoms with Gasteiger partial charge < -0.3 is 4.74 Å². The molecule has 0 bridgehead atoms. The van der Waals surface area contributed by atoms with Gasteiger partial charge >= 0.3 is 11.9 Å². The third-order valence-electron chi connectivity index (χ3n) is 2.17. The SMILES string of the molecule is C=C(C)C(=O)OO.C=C(Cc1ccccc1)C(=O)OC. The van der Waals surface area contributed by atoms with Gasteiger partial charge in [-0.05, 0) is 12.5 Å². The van der Waals surface area contributed by atoms with E-state index >= 15 is 0 Å². The zero-order valence-corrected chi connectivity index (χ0v) is 11.6. The van der Waals surface area contributed by atoms with Crippen LogP contribution in [-0.2, 0) is 25.6 Å². The standard InChI is InChI=1S/C11H12O2.C4H6O3/c1-9(11(12)13-2)8-10-6-4-3-5-7-10;1-3(2)4(5)7-6/h3-7H,1,8H2,2H3;6H,1H2,2H3. The molecule has 1 N–H and O–H groups in total. The van der Waals surface area contributed by atoms with Crippen molar-refractivity contribution >= 4 is 11.9 Å². The second-order valence-electron chi connectivity index (χ2n) is 3.92. The Morgan fingerprint density at radius 3 is 2.05 bits per heavy atom. The molecule has 20 heavy (non-hydrogen) atoms. The highest BCUT2D eigenvalue weighted by molar-refractivity contribution is 5.88. The molecule has 1 rings (SSSR count). The number of hydrogen-bond acceptors (Lipinski definition) is 5. The summed E-state index contributed by atoms with van der Waals surface area (Å²) in [4.78, 5) is 24.2. The molecule has 1 aromatic carbocycles. The third-order valence-corrected chi connectivity index (χ3v) is 2.17. The average Bonchev–Trinajstić information content (AvgIpc) is 2.47. The molecule has 0 aliphatic carbocycles. The molecule has 1 aromatic rings. The molecule has 0 aliphatic heterocycles. The van der Waals surface area contributed by atoms with Crippen molar-refractivity contribution in [3.63, 3.8) is 0 Å². The van der Waals surface area contributed by atoms with Gasteiger partial charge in [0.1, 0.15) is 0 Å². The fourth-order valence-electron chi connectivity index (χ4n) is 1.14. The van der Waals surface area contributed by atoms with E-state index < -0.39 is 5.97 Å². The topological polar surface area (TPSA) is 72.8 Å². The molecular weight excluding hydrogens is 260 g/mol. The summed E-state index contributed by atoms with van der Waals surface area (Å²) in [5.41, 5.74) is 1.73. The number of rotatable bonds is 4. The van der Waals surface area contributed by atoms with Crippen molar-refractivity contribution < 1.29 is 24.5 Å². The fourth-order valence-corrected chi connectivity index (χ4v) is 1.14. The summed E-state index contributed by atoms with van der Waals surface area (Å²) < 4.78 is 4.55. The first-order valence-electron chi connectivity index (χ1n) is 5.73. The Bertz CT molecular complexity index is 476. The lowest BCUT2D eigenvalue weighted by Gasteiger charge is -2.02. The molecule has 0 saturated heterocycles. The van der Waals surface area contributed by atoms with Crippen molar-refractivity contribution in [1.82, 2.24) is 0 Å². The van der Waals surface area contributed by atoms with Crippen LogP contribution < -0.4 is 0 Å². The van der Waals surface area contributed by atoms with E-state index in [1.807, 2.05) is 30.3 Å². The number of carbonyl (C=O) groups excluding carboxylic acids is 2. The summed E-state index contributed by atoms with van der Waals surface area (Å²) in [7, 11) is 1.36. The summed E-state index contributed by atoms with van der Waals surface area (Å²) >= 11 is 0. The number of ether oxygens (including phenoxy) is 1. The van der Waals surface area contributed by atoms with E-state index in [4.69, 9.17) is 5.26 Å². The van der Waals surface area contributed by atoms with Gasteiger partial charge in [0.25, 0.3) is 0 Å². The van der Waals surface area contributed by atoms with Crippen LogP contribution in [0, 0.1) is 0 Å². The Morgan fingerprint density at radius 2 is 1.70 bits per heavy atom. The van der Waals surface area contributed by atoms with E-state index in [1.54, 1.807) is 0 Å². The van der Waals surface area contributed by atoms with Gasteiger partial charge in [-0.1, -0.05) is 43.5 Å². The molecule has 0 unspecified atom stereocenters. The Morgan fingerprint density at radius 1 is 1.15 bits per heavy atom. The summed E-state index contributed by atoms with van der Waals surface area (Å²) in [5.74, 6) is -1.14. The van der Waals surface area contributed by atoms with Gasteiger partial charge in [-0.2, -0.15) is 5.26 Å². The van der Waals surface area contributed by atoms with Gasteiger partial charge in [0.2, 0.25) is 0 Å². The molecule has 0 fully saturated rings. The van der Waals surface area contributed by atoms with Crippen LogP contribution in [0.25, 0.3) is 0 Å². The van der Waals surface area contributed by atoms with Crippen LogP contribution in [0.1, 0.15) is 12.5 Å². The first-order chi connectivity index (χ1) is 9.42. The maximum Gasteiger partial charge on any atom is 0.367 e. The average molecular weight is 278 g/mol. The quantitative estimate of drug-likeness (QED) is 0.396. The van der Waals surface area contributed by atoms with Crippen molar-refractivity contribution in [2.75, 3.05) is 7.11 Å². The van der Waals surface area contributed by atoms with Gasteiger partial charge in [0.15, 0.2) is 0 Å². The molecule has 0 heterocycles. The zero-order valence-electron chi connectivity index (χ0n) is 11.6. The normalized spacial score (nSPS) is 8.75. The summed E-state index contributed by atoms with van der Waals surface area (Å²) in [6.45, 7) is 8.28. The molecule has 0 atom stereocenters. The first kappa shape index (κ1) is 17.6. The Hall–Kier alpha value is -2.40. The molecule has 5 nitrogen and oxygen atoms in total. The van der Waals surface area contributed by atoms with Crippen molar-refractivity contribution in [3.05, 3.63) is 60.2 Å². The minimum absolute atomic E-state index is 0.183. The van der Waals surface area contributed by atoms with Crippen molar-refractivity contribution in [3.8, 4) is 0 Å². The molecule has 0 amide bonds. The highest BCUT2D eigenvalue weighted by Gasteiger charge is 2.06. The van der Waals surface area contributed by atoms with E-state index in [9.17, 15) is 9.59 Å². The molecule has 5 heteroatoms. The van der Waals surface area contributed by atoms with Crippen LogP contribution in [0.4, 0.5) is 0 Å². The van der Waals surface area contributed by atoms with E-state index in [0.717, 1.165) is 5.56 Å². The van der Waals surface area contributed by atoms with Gasteiger partial charge in [-0.15, -0.1) is 0 Å². The third kappa shape index (κ3) is 7.13. The molecule has 0 spiro atoms. The minimum Gasteiger partial charge on any atom is -0.466 e. The molecular formula is C15H18O5. The predicted molar refractivity (Wildman–Crippen MR) is 74.8 cm³/mol. The number of methoxy groups -OCH3 is 1. The second-order valence-corrected chi connectivity index (χ2v) is 3.92. The Balaban J connectivity index is 0.000000441. The minimum atomic E-state index is -0.792. The molecule has 0 aliphatic rings. The monoisotopic (exact) mass is 278 g/mol. The summed E-state index contributed by atoms with van der Waals surface area (Å²) in [5, 5.41) is 7.59. The van der Waals surface area contributed by atoms with Gasteiger partial charge in [0.05, 0.1) is 7.11 Å². The highest BCUT2D eigenvalue weighted by atomic mass is 17.1. The lowest BCUT2D eigenvalue weighted by atomic mass is 10.1. The van der Waals surface area contributed by atoms with E-state index in [0.29, 0.717) is 12.0 Å². The maximum absolute atomic E-state index is 11.0. The van der Waals surface area contributed by atoms with Crippen LogP contribution in [-0.4, -0.2) is 24.3 Å². The van der Waals surface area contributed by atoms with Crippen molar-refractivity contribution in [2.24, 2.45) is 0 Å². The predicted octanol–water partition coefficient (Wildman–Crippen LogP) is 2.54. The van der Waals surface area contributed by atoms with E-state index in [-0.39, 0.29) is 11.5 Å². The Labute approximate surface area is 118 Å². The van der Waals surface area contributed by atoms with Gasteiger partial charge in [-0.25, -0.2) is 9.59 Å². The number of esters is 1. The lowest BCUT2D eigenvalue weighted by molar-refractivity contribution is -0.229. The van der Waals surface area contributed by atoms with Gasteiger partial charge in [0, 0.05) is 17.6 Å². The smallest absolute Gasteiger partial charge is 0.367 e. The molecule has 0 radical (unpaired) electrons. The summed E-state index contributed by atoms with van der Waals surface area (Å²) in [6, 6.07) is 9.70. The van der Waals surface area contributed by atoms with Crippen molar-refractivity contribution in [1.29, 1.82) is 0 Å². The Kier molecular flexibility index (Phi) is 8.38. The lowest BCUT2D eigenvalue weighted by Crippen LogP contribution is -2.05. The van der Waals surface area contributed by atoms with Crippen LogP contribution in [0.5, 0.6) is 0 Å². The molecule has 0 saturated carbocycles. The van der Waals surface area contributed by atoms with Gasteiger partial charge in [-0.3, -0.25) is 4.89 Å². The summed E-state index contributed by atoms with van der Waals surface area (Å²) in [6.07, 6.45) is 0.549. The number of hydrogen-bond donors (Lipinski definition) is 1. The largest absolute Gasteiger partial charge is 0.466 e. The van der Waals surface area contributed by atoms with Crippen LogP contribution >= 0.6 is 0 Å². The van der Waals surface area contributed by atoms with E-state index in [1.165, 1.54) is 14.0 Å². The van der Waals surface area contributed by atoms with Crippen LogP contribution in [0.3, 0.4) is 0 Å². The van der Waals surface area contributed by atoms with E-state index in [2.05, 4.69) is 22.8 Å². The fraction of sp³-hybridized carbons (Fsp3) is 0.200. The van der Waals surface area contributed by atoms with Crippen molar-refractivity contribution in [2.45, 2.75) is 13.3 Å². The zero-order chi connectivity index (χ0) is 15.5. The highest BCUT2D eigenvalue weighted by Crippen LogP contribution is 2.06.